The van der Waals surface area contributed by atoms with Crippen LogP contribution in [0.3, 0.4) is 0 Å². The molecule has 3 nitrogen and oxygen atoms in total. The predicted octanol–water partition coefficient (Wildman–Crippen LogP) is 1.10. The van der Waals surface area contributed by atoms with Crippen LogP contribution in [0.1, 0.15) is 6.92 Å². The third-order valence-corrected chi connectivity index (χ3v) is 1.70. The maximum absolute atomic E-state index is 11.0. The predicted molar refractivity (Wildman–Crippen MR) is 45.8 cm³/mol. The van der Waals surface area contributed by atoms with Gasteiger partial charge in [0.1, 0.15) is 5.02 Å². The van der Waals surface area contributed by atoms with Crippen LogP contribution in [0.25, 0.3) is 0 Å². The smallest absolute Gasteiger partial charge is 0.222 e. The van der Waals surface area contributed by atoms with Crippen LogP contribution in [0.4, 0.5) is 5.69 Å². The van der Waals surface area contributed by atoms with E-state index in [1.807, 2.05) is 6.92 Å². The molecule has 4 heteroatoms. The van der Waals surface area contributed by atoms with E-state index in [-0.39, 0.29) is 16.1 Å². The topological polar surface area (TPSA) is 48.0 Å². The maximum Gasteiger partial charge on any atom is 0.222 e. The first-order valence-electron chi connectivity index (χ1n) is 3.30. The van der Waals surface area contributed by atoms with Crippen molar-refractivity contribution in [3.05, 3.63) is 27.6 Å². The van der Waals surface area contributed by atoms with Gasteiger partial charge in [-0.2, -0.15) is 0 Å². The van der Waals surface area contributed by atoms with Crippen LogP contribution in [0.5, 0.6) is 0 Å². The van der Waals surface area contributed by atoms with E-state index in [9.17, 15) is 4.79 Å². The fourth-order valence-electron chi connectivity index (χ4n) is 0.799. The highest BCUT2D eigenvalue weighted by atomic mass is 35.5. The Morgan fingerprint density at radius 3 is 2.73 bits per heavy atom. The standard InChI is InChI=1S/C7H9ClN2O/c1-2-10-3-5(8)7(11)6(9)4-10/h3-4H,2,9H2,1H3. The number of rotatable bonds is 1. The molecule has 11 heavy (non-hydrogen) atoms. The van der Waals surface area contributed by atoms with Gasteiger partial charge in [-0.3, -0.25) is 4.79 Å². The number of nitrogens with two attached hydrogens (primary N) is 1. The normalized spacial score (nSPS) is 10.0. The van der Waals surface area contributed by atoms with Gasteiger partial charge in [0.2, 0.25) is 5.43 Å². The first-order chi connectivity index (χ1) is 5.15. The number of aryl methyl sites for hydroxylation is 1. The Morgan fingerprint density at radius 1 is 1.64 bits per heavy atom. The molecule has 0 radical (unpaired) electrons. The summed E-state index contributed by atoms with van der Waals surface area (Å²) in [6.07, 6.45) is 3.15. The summed E-state index contributed by atoms with van der Waals surface area (Å²) in [6, 6.07) is 0. The molecule has 60 valence electrons. The molecule has 0 aliphatic rings. The van der Waals surface area contributed by atoms with Gasteiger partial charge in [-0.05, 0) is 6.92 Å². The summed E-state index contributed by atoms with van der Waals surface area (Å²) in [5.41, 5.74) is 5.28. The molecule has 0 saturated heterocycles. The average molecular weight is 173 g/mol. The maximum atomic E-state index is 11.0. The zero-order valence-electron chi connectivity index (χ0n) is 6.17. The quantitative estimate of drug-likeness (QED) is 0.690. The highest BCUT2D eigenvalue weighted by molar-refractivity contribution is 6.30. The zero-order valence-corrected chi connectivity index (χ0v) is 6.93. The number of nitrogen functional groups attached to an aromatic ring is 1. The Morgan fingerprint density at radius 2 is 2.27 bits per heavy atom. The molecule has 0 aromatic carbocycles. The monoisotopic (exact) mass is 172 g/mol. The lowest BCUT2D eigenvalue weighted by Gasteiger charge is -2.02. The molecule has 0 fully saturated rings. The largest absolute Gasteiger partial charge is 0.394 e. The van der Waals surface area contributed by atoms with Gasteiger partial charge in [-0.25, -0.2) is 0 Å². The van der Waals surface area contributed by atoms with E-state index in [0.717, 1.165) is 6.54 Å². The number of hydrogen-bond acceptors (Lipinski definition) is 2. The Kier molecular flexibility index (Phi) is 2.19. The lowest BCUT2D eigenvalue weighted by Crippen LogP contribution is -2.12. The molecule has 0 unspecified atom stereocenters. The van der Waals surface area contributed by atoms with Crippen LogP contribution in [-0.2, 0) is 6.54 Å². The van der Waals surface area contributed by atoms with Gasteiger partial charge in [-0.1, -0.05) is 11.6 Å². The Bertz CT molecular complexity index is 292. The summed E-state index contributed by atoms with van der Waals surface area (Å²) in [5, 5.41) is 0.173. The molecule has 0 aliphatic heterocycles. The second-order valence-corrected chi connectivity index (χ2v) is 2.63. The van der Waals surface area contributed by atoms with E-state index in [2.05, 4.69) is 0 Å². The molecule has 1 aromatic heterocycles. The van der Waals surface area contributed by atoms with Gasteiger partial charge in [0.25, 0.3) is 0 Å². The average Bonchev–Trinajstić information content (AvgIpc) is 1.99. The summed E-state index contributed by atoms with van der Waals surface area (Å²) in [6.45, 7) is 2.70. The van der Waals surface area contributed by atoms with Crippen LogP contribution >= 0.6 is 11.6 Å². The van der Waals surface area contributed by atoms with Crippen molar-refractivity contribution in [2.45, 2.75) is 13.5 Å². The van der Waals surface area contributed by atoms with Crippen molar-refractivity contribution in [1.82, 2.24) is 4.57 Å². The Labute approximate surface area is 69.4 Å². The minimum atomic E-state index is -0.295. The first-order valence-corrected chi connectivity index (χ1v) is 3.68. The number of anilines is 1. The zero-order chi connectivity index (χ0) is 8.43. The molecule has 1 aromatic rings. The molecule has 0 aliphatic carbocycles. The van der Waals surface area contributed by atoms with Gasteiger partial charge in [0.05, 0.1) is 5.69 Å². The summed E-state index contributed by atoms with van der Waals surface area (Å²) in [4.78, 5) is 11.0. The second-order valence-electron chi connectivity index (χ2n) is 2.22. The summed E-state index contributed by atoms with van der Waals surface area (Å²) >= 11 is 5.58. The van der Waals surface area contributed by atoms with Crippen LogP contribution in [-0.4, -0.2) is 4.57 Å². The number of halogens is 1. The minimum absolute atomic E-state index is 0.173. The van der Waals surface area contributed by atoms with Crippen molar-refractivity contribution < 1.29 is 0 Å². The highest BCUT2D eigenvalue weighted by Gasteiger charge is 2.00. The fraction of sp³-hybridized carbons (Fsp3) is 0.286. The summed E-state index contributed by atoms with van der Waals surface area (Å²) < 4.78 is 1.76. The third kappa shape index (κ3) is 1.54. The fourth-order valence-corrected chi connectivity index (χ4v) is 1.03. The lowest BCUT2D eigenvalue weighted by atomic mass is 10.4. The second kappa shape index (κ2) is 2.96. The van der Waals surface area contributed by atoms with E-state index < -0.39 is 0 Å². The molecule has 0 amide bonds. The van der Waals surface area contributed by atoms with Crippen molar-refractivity contribution >= 4 is 17.3 Å². The van der Waals surface area contributed by atoms with Gasteiger partial charge in [0, 0.05) is 18.9 Å². The van der Waals surface area contributed by atoms with E-state index in [0.29, 0.717) is 0 Å². The number of nitrogens with zero attached hydrogens (tertiary/aromatic N) is 1. The molecule has 0 saturated carbocycles. The third-order valence-electron chi connectivity index (χ3n) is 1.43. The van der Waals surface area contributed by atoms with Gasteiger partial charge in [0.15, 0.2) is 0 Å². The number of hydrogen-bond donors (Lipinski definition) is 1. The van der Waals surface area contributed by atoms with Crippen molar-refractivity contribution in [3.8, 4) is 0 Å². The molecule has 2 N–H and O–H groups in total. The molecule has 0 bridgehead atoms. The molecular formula is C7H9ClN2O. The number of aromatic nitrogens is 1. The van der Waals surface area contributed by atoms with E-state index in [1.54, 1.807) is 17.0 Å². The Hall–Kier alpha value is -0.960. The van der Waals surface area contributed by atoms with Crippen molar-refractivity contribution in [2.24, 2.45) is 0 Å². The first kappa shape index (κ1) is 8.14. The SMILES string of the molecule is CCn1cc(N)c(=O)c(Cl)c1. The summed E-state index contributed by atoms with van der Waals surface area (Å²) in [7, 11) is 0. The van der Waals surface area contributed by atoms with Crippen LogP contribution in [0, 0.1) is 0 Å². The van der Waals surface area contributed by atoms with Gasteiger partial charge < -0.3 is 10.3 Å². The van der Waals surface area contributed by atoms with Crippen LogP contribution in [0.2, 0.25) is 5.02 Å². The van der Waals surface area contributed by atoms with Gasteiger partial charge >= 0.3 is 0 Å². The molecule has 0 atom stereocenters. The Balaban J connectivity index is 3.32. The van der Waals surface area contributed by atoms with Gasteiger partial charge in [-0.15, -0.1) is 0 Å². The number of pyridine rings is 1. The van der Waals surface area contributed by atoms with Crippen molar-refractivity contribution in [2.75, 3.05) is 5.73 Å². The van der Waals surface area contributed by atoms with E-state index >= 15 is 0 Å². The molecule has 1 heterocycles. The van der Waals surface area contributed by atoms with Crippen LogP contribution < -0.4 is 11.2 Å². The molecular weight excluding hydrogens is 164 g/mol. The van der Waals surface area contributed by atoms with Crippen molar-refractivity contribution in [3.63, 3.8) is 0 Å². The van der Waals surface area contributed by atoms with E-state index in [1.165, 1.54) is 0 Å². The molecule has 0 spiro atoms. The van der Waals surface area contributed by atoms with Crippen molar-refractivity contribution in [1.29, 1.82) is 0 Å². The highest BCUT2D eigenvalue weighted by Crippen LogP contribution is 2.04. The minimum Gasteiger partial charge on any atom is -0.394 e. The molecule has 1 rings (SSSR count). The lowest BCUT2D eigenvalue weighted by molar-refractivity contribution is 0.756. The van der Waals surface area contributed by atoms with Crippen LogP contribution in [0.15, 0.2) is 17.2 Å². The van der Waals surface area contributed by atoms with E-state index in [4.69, 9.17) is 17.3 Å². The summed E-state index contributed by atoms with van der Waals surface area (Å²) in [5.74, 6) is 0.